The average molecular weight is 265 g/mol. The van der Waals surface area contributed by atoms with Crippen molar-refractivity contribution in [1.82, 2.24) is 5.32 Å². The zero-order chi connectivity index (χ0) is 14.3. The summed E-state index contributed by atoms with van der Waals surface area (Å²) in [4.78, 5) is 23.4. The number of aryl methyl sites for hydroxylation is 1. The summed E-state index contributed by atoms with van der Waals surface area (Å²) in [5.41, 5.74) is 1.44. The summed E-state index contributed by atoms with van der Waals surface area (Å²) in [6.45, 7) is 1.54. The fourth-order valence-corrected chi connectivity index (χ4v) is 1.79. The number of carbonyl (C=O) groups excluding carboxylic acids is 2. The molecule has 0 spiro atoms. The van der Waals surface area contributed by atoms with Crippen LogP contribution in [-0.4, -0.2) is 36.7 Å². The third kappa shape index (κ3) is 4.06. The second kappa shape index (κ2) is 7.53. The average Bonchev–Trinajstić information content (AvgIpc) is 2.44. The Balaban J connectivity index is 2.85. The first kappa shape index (κ1) is 15.2. The molecule has 0 fully saturated rings. The van der Waals surface area contributed by atoms with E-state index in [9.17, 15) is 9.59 Å². The maximum absolute atomic E-state index is 12.1. The number of rotatable bonds is 6. The third-order valence-corrected chi connectivity index (χ3v) is 2.75. The normalized spacial score (nSPS) is 11.7. The van der Waals surface area contributed by atoms with Crippen LogP contribution in [0.5, 0.6) is 0 Å². The minimum atomic E-state index is -1.04. The standard InChI is InChI=1S/C14H19NO4/c1-3-6-10-7-4-5-8-11(10)13(17)15-12(9-16)14(18)19-2/h4-5,7-8,12,16H,3,6,9H2,1-2H3,(H,15,17)/t12-/m0/s1. The summed E-state index contributed by atoms with van der Waals surface area (Å²) in [6, 6.07) is 6.18. The molecule has 0 radical (unpaired) electrons. The summed E-state index contributed by atoms with van der Waals surface area (Å²) in [5.74, 6) is -1.04. The van der Waals surface area contributed by atoms with E-state index in [0.717, 1.165) is 18.4 Å². The highest BCUT2D eigenvalue weighted by molar-refractivity contribution is 5.98. The molecule has 0 saturated carbocycles. The highest BCUT2D eigenvalue weighted by Gasteiger charge is 2.22. The van der Waals surface area contributed by atoms with Gasteiger partial charge in [0.05, 0.1) is 13.7 Å². The Kier molecular flexibility index (Phi) is 6.02. The molecule has 0 aliphatic heterocycles. The van der Waals surface area contributed by atoms with Crippen molar-refractivity contribution in [2.75, 3.05) is 13.7 Å². The van der Waals surface area contributed by atoms with Gasteiger partial charge in [0.2, 0.25) is 0 Å². The van der Waals surface area contributed by atoms with Gasteiger partial charge in [-0.3, -0.25) is 4.79 Å². The van der Waals surface area contributed by atoms with E-state index in [-0.39, 0.29) is 5.91 Å². The number of benzene rings is 1. The molecule has 0 aliphatic rings. The molecule has 0 saturated heterocycles. The van der Waals surface area contributed by atoms with E-state index in [1.165, 1.54) is 7.11 Å². The number of nitrogens with one attached hydrogen (secondary N) is 1. The first-order chi connectivity index (χ1) is 9.13. The number of ether oxygens (including phenoxy) is 1. The second-order valence-electron chi connectivity index (χ2n) is 4.14. The summed E-state index contributed by atoms with van der Waals surface area (Å²) in [6.07, 6.45) is 1.70. The smallest absolute Gasteiger partial charge is 0.330 e. The van der Waals surface area contributed by atoms with Crippen molar-refractivity contribution in [2.45, 2.75) is 25.8 Å². The summed E-state index contributed by atoms with van der Waals surface area (Å²) < 4.78 is 4.50. The van der Waals surface area contributed by atoms with Crippen molar-refractivity contribution in [2.24, 2.45) is 0 Å². The number of methoxy groups -OCH3 is 1. The van der Waals surface area contributed by atoms with Crippen molar-refractivity contribution in [3.63, 3.8) is 0 Å². The maximum atomic E-state index is 12.1. The topological polar surface area (TPSA) is 75.6 Å². The summed E-state index contributed by atoms with van der Waals surface area (Å²) >= 11 is 0. The predicted molar refractivity (Wildman–Crippen MR) is 70.8 cm³/mol. The molecule has 0 heterocycles. The van der Waals surface area contributed by atoms with Crippen LogP contribution in [0, 0.1) is 0 Å². The van der Waals surface area contributed by atoms with E-state index in [0.29, 0.717) is 5.56 Å². The van der Waals surface area contributed by atoms with Crippen LogP contribution in [0.3, 0.4) is 0 Å². The molecule has 0 unspecified atom stereocenters. The molecule has 5 heteroatoms. The predicted octanol–water partition coefficient (Wildman–Crippen LogP) is 0.903. The molecule has 19 heavy (non-hydrogen) atoms. The van der Waals surface area contributed by atoms with Crippen molar-refractivity contribution in [3.8, 4) is 0 Å². The van der Waals surface area contributed by atoms with Crippen LogP contribution in [0.25, 0.3) is 0 Å². The van der Waals surface area contributed by atoms with Crippen LogP contribution < -0.4 is 5.32 Å². The first-order valence-corrected chi connectivity index (χ1v) is 6.21. The molecule has 1 atom stereocenters. The highest BCUT2D eigenvalue weighted by atomic mass is 16.5. The quantitative estimate of drug-likeness (QED) is 0.749. The van der Waals surface area contributed by atoms with Gasteiger partial charge in [0.15, 0.2) is 6.04 Å². The second-order valence-corrected chi connectivity index (χ2v) is 4.14. The number of carbonyl (C=O) groups is 2. The molecule has 0 bridgehead atoms. The molecule has 104 valence electrons. The molecule has 0 aliphatic carbocycles. The number of aliphatic hydroxyl groups excluding tert-OH is 1. The van der Waals surface area contributed by atoms with Gasteiger partial charge in [0, 0.05) is 5.56 Å². The molecule has 1 amide bonds. The van der Waals surface area contributed by atoms with Gasteiger partial charge in [-0.2, -0.15) is 0 Å². The monoisotopic (exact) mass is 265 g/mol. The van der Waals surface area contributed by atoms with Crippen molar-refractivity contribution in [3.05, 3.63) is 35.4 Å². The van der Waals surface area contributed by atoms with E-state index in [1.54, 1.807) is 12.1 Å². The van der Waals surface area contributed by atoms with Gasteiger partial charge in [-0.15, -0.1) is 0 Å². The lowest BCUT2D eigenvalue weighted by molar-refractivity contribution is -0.143. The Morgan fingerprint density at radius 1 is 1.37 bits per heavy atom. The van der Waals surface area contributed by atoms with E-state index in [4.69, 9.17) is 5.11 Å². The van der Waals surface area contributed by atoms with Crippen molar-refractivity contribution >= 4 is 11.9 Å². The molecule has 5 nitrogen and oxygen atoms in total. The largest absolute Gasteiger partial charge is 0.467 e. The Hall–Kier alpha value is -1.88. The van der Waals surface area contributed by atoms with Crippen molar-refractivity contribution < 1.29 is 19.4 Å². The summed E-state index contributed by atoms with van der Waals surface area (Å²) in [5, 5.41) is 11.5. The lowest BCUT2D eigenvalue weighted by atomic mass is 10.0. The Morgan fingerprint density at radius 2 is 2.05 bits per heavy atom. The van der Waals surface area contributed by atoms with Crippen LogP contribution in [0.2, 0.25) is 0 Å². The van der Waals surface area contributed by atoms with Crippen LogP contribution >= 0.6 is 0 Å². The Morgan fingerprint density at radius 3 is 2.63 bits per heavy atom. The lowest BCUT2D eigenvalue weighted by Crippen LogP contribution is -2.44. The van der Waals surface area contributed by atoms with Gasteiger partial charge in [0.1, 0.15) is 0 Å². The molecular formula is C14H19NO4. The van der Waals surface area contributed by atoms with Gasteiger partial charge in [-0.25, -0.2) is 4.79 Å². The number of hydrogen-bond acceptors (Lipinski definition) is 4. The molecule has 1 aromatic carbocycles. The van der Waals surface area contributed by atoms with Gasteiger partial charge < -0.3 is 15.2 Å². The van der Waals surface area contributed by atoms with Crippen LogP contribution in [-0.2, 0) is 16.0 Å². The first-order valence-electron chi connectivity index (χ1n) is 6.21. The molecule has 1 aromatic rings. The van der Waals surface area contributed by atoms with Gasteiger partial charge in [-0.1, -0.05) is 31.5 Å². The maximum Gasteiger partial charge on any atom is 0.330 e. The van der Waals surface area contributed by atoms with Crippen LogP contribution in [0.4, 0.5) is 0 Å². The SMILES string of the molecule is CCCc1ccccc1C(=O)N[C@@H](CO)C(=O)OC. The van der Waals surface area contributed by atoms with E-state index < -0.39 is 18.6 Å². The minimum Gasteiger partial charge on any atom is -0.467 e. The number of hydrogen-bond donors (Lipinski definition) is 2. The van der Waals surface area contributed by atoms with E-state index in [2.05, 4.69) is 10.1 Å². The Bertz CT molecular complexity index is 445. The third-order valence-electron chi connectivity index (χ3n) is 2.75. The van der Waals surface area contributed by atoms with Gasteiger partial charge >= 0.3 is 5.97 Å². The van der Waals surface area contributed by atoms with Crippen molar-refractivity contribution in [1.29, 1.82) is 0 Å². The molecule has 2 N–H and O–H groups in total. The zero-order valence-electron chi connectivity index (χ0n) is 11.2. The van der Waals surface area contributed by atoms with Crippen LogP contribution in [0.15, 0.2) is 24.3 Å². The molecular weight excluding hydrogens is 246 g/mol. The van der Waals surface area contributed by atoms with Gasteiger partial charge in [0.25, 0.3) is 5.91 Å². The van der Waals surface area contributed by atoms with Gasteiger partial charge in [-0.05, 0) is 18.1 Å². The highest BCUT2D eigenvalue weighted by Crippen LogP contribution is 2.11. The zero-order valence-corrected chi connectivity index (χ0v) is 11.2. The fraction of sp³-hybridized carbons (Fsp3) is 0.429. The van der Waals surface area contributed by atoms with Crippen LogP contribution in [0.1, 0.15) is 29.3 Å². The molecule has 0 aromatic heterocycles. The number of aliphatic hydroxyl groups is 1. The summed E-state index contributed by atoms with van der Waals surface area (Å²) in [7, 11) is 1.21. The minimum absolute atomic E-state index is 0.381. The lowest BCUT2D eigenvalue weighted by Gasteiger charge is -2.15. The fourth-order valence-electron chi connectivity index (χ4n) is 1.79. The van der Waals surface area contributed by atoms with E-state index >= 15 is 0 Å². The Labute approximate surface area is 112 Å². The number of amides is 1. The number of esters is 1. The van der Waals surface area contributed by atoms with E-state index in [1.807, 2.05) is 19.1 Å². The molecule has 1 rings (SSSR count).